The normalized spacial score (nSPS) is 15.5. The molecule has 3 aromatic carbocycles. The molecule has 8 nitrogen and oxygen atoms in total. The van der Waals surface area contributed by atoms with Gasteiger partial charge in [-0.2, -0.15) is 0 Å². The van der Waals surface area contributed by atoms with Gasteiger partial charge in [0.25, 0.3) is 5.91 Å². The smallest absolute Gasteiger partial charge is 0.253 e. The van der Waals surface area contributed by atoms with Gasteiger partial charge in [-0.15, -0.1) is 10.2 Å². The molecule has 1 amide bonds. The van der Waals surface area contributed by atoms with E-state index >= 15 is 0 Å². The van der Waals surface area contributed by atoms with Crippen LogP contribution in [0.1, 0.15) is 21.5 Å². The summed E-state index contributed by atoms with van der Waals surface area (Å²) in [6, 6.07) is 21.4. The molecule has 188 valence electrons. The molecule has 0 atom stereocenters. The zero-order chi connectivity index (χ0) is 25.2. The topological polar surface area (TPSA) is 80.9 Å². The number of ether oxygens (including phenoxy) is 2. The number of amides is 1. The van der Waals surface area contributed by atoms with E-state index in [9.17, 15) is 4.79 Å². The molecule has 1 fully saturated rings. The summed E-state index contributed by atoms with van der Waals surface area (Å²) < 4.78 is 17.2. The second-order valence-electron chi connectivity index (χ2n) is 9.35. The molecule has 8 heteroatoms. The first-order valence-corrected chi connectivity index (χ1v) is 12.5. The summed E-state index contributed by atoms with van der Waals surface area (Å²) in [5.41, 5.74) is 4.62. The Bertz CT molecular complexity index is 1410. The van der Waals surface area contributed by atoms with E-state index in [1.54, 1.807) is 0 Å². The number of nitrogens with zero attached hydrogens (tertiary/aromatic N) is 4. The van der Waals surface area contributed by atoms with Crippen LogP contribution < -0.4 is 9.47 Å². The Morgan fingerprint density at radius 1 is 0.838 bits per heavy atom. The Hall–Kier alpha value is -4.17. The van der Waals surface area contributed by atoms with E-state index in [0.29, 0.717) is 43.6 Å². The lowest BCUT2D eigenvalue weighted by molar-refractivity contribution is 0.0628. The standard InChI is InChI=1S/C29H28N4O4/c1-20-4-2-3-5-24(20)28-31-30-27(37-28)22-7-9-23(10-8-22)29(34)33-14-12-32(13-15-33)19-21-6-11-25-26(18-21)36-17-16-35-25/h2-11,18H,12-17,19H2,1H3. The molecule has 2 aliphatic heterocycles. The second kappa shape index (κ2) is 10.1. The third-order valence-electron chi connectivity index (χ3n) is 6.85. The minimum atomic E-state index is 0.0386. The van der Waals surface area contributed by atoms with E-state index in [0.717, 1.165) is 47.8 Å². The molecular formula is C29H28N4O4. The molecule has 3 heterocycles. The quantitative estimate of drug-likeness (QED) is 0.404. The van der Waals surface area contributed by atoms with Crippen molar-refractivity contribution < 1.29 is 18.7 Å². The molecule has 0 saturated carbocycles. The zero-order valence-electron chi connectivity index (χ0n) is 20.7. The van der Waals surface area contributed by atoms with E-state index in [1.165, 1.54) is 5.56 Å². The van der Waals surface area contributed by atoms with Gasteiger partial charge in [-0.25, -0.2) is 0 Å². The van der Waals surface area contributed by atoms with Crippen LogP contribution in [0.5, 0.6) is 11.5 Å². The molecule has 0 aliphatic carbocycles. The van der Waals surface area contributed by atoms with Gasteiger partial charge in [0.2, 0.25) is 11.8 Å². The van der Waals surface area contributed by atoms with Crippen molar-refractivity contribution in [2.45, 2.75) is 13.5 Å². The number of hydrogen-bond acceptors (Lipinski definition) is 7. The molecule has 0 spiro atoms. The van der Waals surface area contributed by atoms with Crippen molar-refractivity contribution in [2.75, 3.05) is 39.4 Å². The summed E-state index contributed by atoms with van der Waals surface area (Å²) in [7, 11) is 0. The van der Waals surface area contributed by atoms with Crippen molar-refractivity contribution in [3.63, 3.8) is 0 Å². The molecular weight excluding hydrogens is 468 g/mol. The largest absolute Gasteiger partial charge is 0.486 e. The van der Waals surface area contributed by atoms with Gasteiger partial charge < -0.3 is 18.8 Å². The number of aryl methyl sites for hydroxylation is 1. The van der Waals surface area contributed by atoms with Gasteiger partial charge in [-0.3, -0.25) is 9.69 Å². The van der Waals surface area contributed by atoms with E-state index in [-0.39, 0.29) is 5.91 Å². The highest BCUT2D eigenvalue weighted by atomic mass is 16.6. The van der Waals surface area contributed by atoms with E-state index in [1.807, 2.05) is 66.4 Å². The fourth-order valence-electron chi connectivity index (χ4n) is 4.75. The van der Waals surface area contributed by atoms with Crippen molar-refractivity contribution >= 4 is 5.91 Å². The molecule has 0 N–H and O–H groups in total. The number of carbonyl (C=O) groups is 1. The van der Waals surface area contributed by atoms with Crippen molar-refractivity contribution in [1.29, 1.82) is 0 Å². The molecule has 4 aromatic rings. The second-order valence-corrected chi connectivity index (χ2v) is 9.35. The average Bonchev–Trinajstić information content (AvgIpc) is 3.43. The average molecular weight is 497 g/mol. The third kappa shape index (κ3) is 4.93. The fraction of sp³-hybridized carbons (Fsp3) is 0.276. The maximum atomic E-state index is 13.1. The first kappa shape index (κ1) is 23.2. The minimum absolute atomic E-state index is 0.0386. The van der Waals surface area contributed by atoms with Crippen LogP contribution in [0, 0.1) is 6.92 Å². The highest BCUT2D eigenvalue weighted by Gasteiger charge is 2.23. The summed E-state index contributed by atoms with van der Waals surface area (Å²) in [5, 5.41) is 8.41. The van der Waals surface area contributed by atoms with Crippen molar-refractivity contribution in [3.05, 3.63) is 83.4 Å². The highest BCUT2D eigenvalue weighted by Crippen LogP contribution is 2.31. The van der Waals surface area contributed by atoms with E-state index < -0.39 is 0 Å². The summed E-state index contributed by atoms with van der Waals surface area (Å²) >= 11 is 0. The van der Waals surface area contributed by atoms with E-state index in [2.05, 4.69) is 27.2 Å². The van der Waals surface area contributed by atoms with E-state index in [4.69, 9.17) is 13.9 Å². The molecule has 0 radical (unpaired) electrons. The number of aromatic nitrogens is 2. The monoisotopic (exact) mass is 496 g/mol. The van der Waals surface area contributed by atoms with Gasteiger partial charge in [0, 0.05) is 49.4 Å². The van der Waals surface area contributed by atoms with Crippen LogP contribution in [-0.4, -0.2) is 65.3 Å². The van der Waals surface area contributed by atoms with Crippen LogP contribution in [0.3, 0.4) is 0 Å². The Morgan fingerprint density at radius 3 is 2.35 bits per heavy atom. The van der Waals surface area contributed by atoms with Crippen LogP contribution in [0.4, 0.5) is 0 Å². The molecule has 6 rings (SSSR count). The van der Waals surface area contributed by atoms with Crippen molar-refractivity contribution in [1.82, 2.24) is 20.0 Å². The van der Waals surface area contributed by atoms with Gasteiger partial charge in [-0.1, -0.05) is 24.3 Å². The predicted octanol–water partition coefficient (Wildman–Crippen LogP) is 4.44. The van der Waals surface area contributed by atoms with Crippen LogP contribution in [0.15, 0.2) is 71.1 Å². The van der Waals surface area contributed by atoms with Gasteiger partial charge in [0.05, 0.1) is 0 Å². The lowest BCUT2D eigenvalue weighted by atomic mass is 10.1. The van der Waals surface area contributed by atoms with Crippen LogP contribution >= 0.6 is 0 Å². The van der Waals surface area contributed by atoms with Crippen molar-refractivity contribution in [2.24, 2.45) is 0 Å². The van der Waals surface area contributed by atoms with Crippen LogP contribution in [0.2, 0.25) is 0 Å². The number of rotatable bonds is 5. The zero-order valence-corrected chi connectivity index (χ0v) is 20.7. The summed E-state index contributed by atoms with van der Waals surface area (Å²) in [5.74, 6) is 2.58. The highest BCUT2D eigenvalue weighted by molar-refractivity contribution is 5.94. The lowest BCUT2D eigenvalue weighted by Gasteiger charge is -2.35. The SMILES string of the molecule is Cc1ccccc1-c1nnc(-c2ccc(C(=O)N3CCN(Cc4ccc5c(c4)OCCO5)CC3)cc2)o1. The summed E-state index contributed by atoms with van der Waals surface area (Å²) in [4.78, 5) is 17.4. The Balaban J connectivity index is 1.06. The number of hydrogen-bond donors (Lipinski definition) is 0. The van der Waals surface area contributed by atoms with Gasteiger partial charge >= 0.3 is 0 Å². The predicted molar refractivity (Wildman–Crippen MR) is 139 cm³/mol. The molecule has 1 saturated heterocycles. The fourth-order valence-corrected chi connectivity index (χ4v) is 4.75. The summed E-state index contributed by atoms with van der Waals surface area (Å²) in [6.07, 6.45) is 0. The molecule has 37 heavy (non-hydrogen) atoms. The van der Waals surface area contributed by atoms with Crippen molar-refractivity contribution in [3.8, 4) is 34.4 Å². The molecule has 0 unspecified atom stereocenters. The lowest BCUT2D eigenvalue weighted by Crippen LogP contribution is -2.48. The minimum Gasteiger partial charge on any atom is -0.486 e. The number of fused-ring (bicyclic) bond motifs is 1. The maximum absolute atomic E-state index is 13.1. The maximum Gasteiger partial charge on any atom is 0.253 e. The van der Waals surface area contributed by atoms with Gasteiger partial charge in [0.1, 0.15) is 13.2 Å². The number of piperazine rings is 1. The first-order chi connectivity index (χ1) is 18.1. The van der Waals surface area contributed by atoms with Gasteiger partial charge in [-0.05, 0) is 60.5 Å². The first-order valence-electron chi connectivity index (χ1n) is 12.5. The Labute approximate surface area is 215 Å². The molecule has 0 bridgehead atoms. The number of benzene rings is 3. The summed E-state index contributed by atoms with van der Waals surface area (Å²) in [6.45, 7) is 7.03. The molecule has 1 aromatic heterocycles. The number of carbonyl (C=O) groups excluding carboxylic acids is 1. The van der Waals surface area contributed by atoms with Crippen LogP contribution in [0.25, 0.3) is 22.9 Å². The third-order valence-corrected chi connectivity index (χ3v) is 6.85. The van der Waals surface area contributed by atoms with Crippen LogP contribution in [-0.2, 0) is 6.54 Å². The molecule has 2 aliphatic rings. The Morgan fingerprint density at radius 2 is 1.57 bits per heavy atom. The Kier molecular flexibility index (Phi) is 6.32. The van der Waals surface area contributed by atoms with Gasteiger partial charge in [0.15, 0.2) is 11.5 Å².